The lowest BCUT2D eigenvalue weighted by atomic mass is 9.85. The van der Waals surface area contributed by atoms with E-state index in [9.17, 15) is 14.4 Å². The molecule has 1 heterocycles. The van der Waals surface area contributed by atoms with Crippen LogP contribution in [0, 0.1) is 11.8 Å². The molecule has 0 bridgehead atoms. The lowest BCUT2D eigenvalue weighted by Gasteiger charge is -2.24. The second kappa shape index (κ2) is 15.4. The smallest absolute Gasteiger partial charge is 0.272 e. The standard InChI is InChI=1S/C31H46N4O5/c1-6-24(36)19-32-29(37)17-23(16-15-22-11-8-7-9-12-22)33-31(38)25-18-26(35(34-25)20-21(2)3)30-27(39-4)13-10-14-28(30)40-5/h10,13-14,18,21-23H,6-9,11-12,15-17,19-20H2,1-5H3,(H,32,37)(H,33,38)/t23-/m0/s1. The third kappa shape index (κ3) is 8.83. The number of ether oxygens (including phenoxy) is 2. The van der Waals surface area contributed by atoms with Crippen LogP contribution in [0.5, 0.6) is 11.5 Å². The zero-order valence-electron chi connectivity index (χ0n) is 24.8. The van der Waals surface area contributed by atoms with Crippen molar-refractivity contribution in [3.63, 3.8) is 0 Å². The molecule has 0 aliphatic heterocycles. The fourth-order valence-corrected chi connectivity index (χ4v) is 5.33. The van der Waals surface area contributed by atoms with E-state index in [2.05, 4.69) is 29.6 Å². The van der Waals surface area contributed by atoms with Crippen LogP contribution in [0.1, 0.15) is 89.0 Å². The van der Waals surface area contributed by atoms with Crippen LogP contribution in [0.4, 0.5) is 0 Å². The summed E-state index contributed by atoms with van der Waals surface area (Å²) in [6.07, 6.45) is 8.30. The molecule has 2 amide bonds. The van der Waals surface area contributed by atoms with Gasteiger partial charge in [-0.2, -0.15) is 5.10 Å². The van der Waals surface area contributed by atoms with E-state index in [0.29, 0.717) is 36.8 Å². The summed E-state index contributed by atoms with van der Waals surface area (Å²) in [6.45, 7) is 6.57. The first kappa shape index (κ1) is 31.2. The predicted molar refractivity (Wildman–Crippen MR) is 156 cm³/mol. The van der Waals surface area contributed by atoms with Crippen molar-refractivity contribution in [3.05, 3.63) is 30.0 Å². The Hall–Kier alpha value is -3.36. The van der Waals surface area contributed by atoms with Gasteiger partial charge in [0.2, 0.25) is 5.91 Å². The summed E-state index contributed by atoms with van der Waals surface area (Å²) in [5.74, 6) is 1.57. The molecule has 0 radical (unpaired) electrons. The van der Waals surface area contributed by atoms with Crippen molar-refractivity contribution in [3.8, 4) is 22.8 Å². The molecule has 1 aliphatic rings. The second-order valence-electron chi connectivity index (χ2n) is 11.2. The largest absolute Gasteiger partial charge is 0.496 e. The molecule has 220 valence electrons. The highest BCUT2D eigenvalue weighted by Crippen LogP contribution is 2.39. The number of amides is 2. The van der Waals surface area contributed by atoms with Crippen LogP contribution >= 0.6 is 0 Å². The van der Waals surface area contributed by atoms with Gasteiger partial charge in [0.05, 0.1) is 32.0 Å². The Labute approximate surface area is 238 Å². The van der Waals surface area contributed by atoms with Gasteiger partial charge in [-0.05, 0) is 42.9 Å². The van der Waals surface area contributed by atoms with E-state index in [1.807, 2.05) is 22.9 Å². The van der Waals surface area contributed by atoms with Crippen molar-refractivity contribution in [1.29, 1.82) is 0 Å². The van der Waals surface area contributed by atoms with E-state index in [-0.39, 0.29) is 48.2 Å². The molecule has 9 heteroatoms. The highest BCUT2D eigenvalue weighted by Gasteiger charge is 2.25. The highest BCUT2D eigenvalue weighted by molar-refractivity contribution is 5.94. The van der Waals surface area contributed by atoms with E-state index >= 15 is 0 Å². The van der Waals surface area contributed by atoms with Gasteiger partial charge in [-0.25, -0.2) is 0 Å². The van der Waals surface area contributed by atoms with Gasteiger partial charge < -0.3 is 20.1 Å². The minimum atomic E-state index is -0.356. The summed E-state index contributed by atoms with van der Waals surface area (Å²) in [7, 11) is 3.20. The van der Waals surface area contributed by atoms with Gasteiger partial charge in [-0.15, -0.1) is 0 Å². The lowest BCUT2D eigenvalue weighted by molar-refractivity contribution is -0.125. The van der Waals surface area contributed by atoms with Crippen LogP contribution in [0.3, 0.4) is 0 Å². The molecule has 3 rings (SSSR count). The van der Waals surface area contributed by atoms with Gasteiger partial charge in [-0.1, -0.05) is 58.9 Å². The maximum atomic E-state index is 13.6. The molecule has 0 unspecified atom stereocenters. The fourth-order valence-electron chi connectivity index (χ4n) is 5.33. The third-order valence-electron chi connectivity index (χ3n) is 7.53. The van der Waals surface area contributed by atoms with Crippen molar-refractivity contribution < 1.29 is 23.9 Å². The molecule has 0 spiro atoms. The summed E-state index contributed by atoms with van der Waals surface area (Å²) in [5, 5.41) is 10.5. The second-order valence-corrected chi connectivity index (χ2v) is 11.2. The number of carbonyl (C=O) groups excluding carboxylic acids is 3. The maximum absolute atomic E-state index is 13.6. The van der Waals surface area contributed by atoms with Gasteiger partial charge in [0.1, 0.15) is 11.5 Å². The maximum Gasteiger partial charge on any atom is 0.272 e. The summed E-state index contributed by atoms with van der Waals surface area (Å²) < 4.78 is 13.1. The molecule has 0 saturated heterocycles. The Morgan fingerprint density at radius 3 is 2.35 bits per heavy atom. The van der Waals surface area contributed by atoms with Crippen LogP contribution in [0.2, 0.25) is 0 Å². The lowest BCUT2D eigenvalue weighted by Crippen LogP contribution is -2.40. The molecule has 9 nitrogen and oxygen atoms in total. The molecule has 2 aromatic rings. The first-order chi connectivity index (χ1) is 19.2. The van der Waals surface area contributed by atoms with Crippen molar-refractivity contribution >= 4 is 17.6 Å². The number of rotatable bonds is 15. The van der Waals surface area contributed by atoms with E-state index in [0.717, 1.165) is 17.7 Å². The Balaban J connectivity index is 1.84. The summed E-state index contributed by atoms with van der Waals surface area (Å²) in [6, 6.07) is 6.97. The molecule has 1 saturated carbocycles. The molecule has 1 atom stereocenters. The van der Waals surface area contributed by atoms with Crippen molar-refractivity contribution in [2.45, 2.75) is 91.1 Å². The number of nitrogens with zero attached hydrogens (tertiary/aromatic N) is 2. The fraction of sp³-hybridized carbons (Fsp3) is 0.613. The van der Waals surface area contributed by atoms with Crippen molar-refractivity contribution in [2.24, 2.45) is 11.8 Å². The van der Waals surface area contributed by atoms with Crippen LogP contribution < -0.4 is 20.1 Å². The average molecular weight is 555 g/mol. The normalized spacial score (nSPS) is 14.6. The minimum Gasteiger partial charge on any atom is -0.496 e. The zero-order valence-corrected chi connectivity index (χ0v) is 24.8. The van der Waals surface area contributed by atoms with Crippen LogP contribution in [0.15, 0.2) is 24.3 Å². The quantitative estimate of drug-likeness (QED) is 0.314. The van der Waals surface area contributed by atoms with Crippen molar-refractivity contribution in [2.75, 3.05) is 20.8 Å². The molecule has 1 aromatic heterocycles. The van der Waals surface area contributed by atoms with E-state index in [1.54, 1.807) is 27.2 Å². The number of hydrogen-bond donors (Lipinski definition) is 2. The molecule has 2 N–H and O–H groups in total. The molecular weight excluding hydrogens is 508 g/mol. The first-order valence-corrected chi connectivity index (χ1v) is 14.6. The molecule has 40 heavy (non-hydrogen) atoms. The Kier molecular flexibility index (Phi) is 12.0. The predicted octanol–water partition coefficient (Wildman–Crippen LogP) is 5.17. The third-order valence-corrected chi connectivity index (χ3v) is 7.53. The number of nitrogens with one attached hydrogen (secondary N) is 2. The van der Waals surface area contributed by atoms with E-state index in [1.165, 1.54) is 32.1 Å². The molecule has 1 aromatic carbocycles. The molecule has 1 fully saturated rings. The number of methoxy groups -OCH3 is 2. The van der Waals surface area contributed by atoms with Gasteiger partial charge in [0.25, 0.3) is 5.91 Å². The highest BCUT2D eigenvalue weighted by atomic mass is 16.5. The van der Waals surface area contributed by atoms with Gasteiger partial charge in [0, 0.05) is 25.4 Å². The van der Waals surface area contributed by atoms with Gasteiger partial charge in [0.15, 0.2) is 11.5 Å². The minimum absolute atomic E-state index is 0.0162. The summed E-state index contributed by atoms with van der Waals surface area (Å²) in [5.41, 5.74) is 1.73. The van der Waals surface area contributed by atoms with Crippen LogP contribution in [0.25, 0.3) is 11.3 Å². The van der Waals surface area contributed by atoms with E-state index < -0.39 is 0 Å². The molecular formula is C31H46N4O5. The number of hydrogen-bond acceptors (Lipinski definition) is 6. The number of benzene rings is 1. The Morgan fingerprint density at radius 1 is 1.07 bits per heavy atom. The molecule has 1 aliphatic carbocycles. The SMILES string of the molecule is CCC(=O)CNC(=O)C[C@H](CCC1CCCCC1)NC(=O)c1cc(-c2c(OC)cccc2OC)n(CC(C)C)n1. The first-order valence-electron chi connectivity index (χ1n) is 14.6. The van der Waals surface area contributed by atoms with Gasteiger partial charge >= 0.3 is 0 Å². The number of aromatic nitrogens is 2. The van der Waals surface area contributed by atoms with Crippen molar-refractivity contribution in [1.82, 2.24) is 20.4 Å². The Morgan fingerprint density at radius 2 is 1.75 bits per heavy atom. The average Bonchev–Trinajstić information content (AvgIpc) is 3.37. The zero-order chi connectivity index (χ0) is 29.1. The van der Waals surface area contributed by atoms with Crippen LogP contribution in [-0.2, 0) is 16.1 Å². The van der Waals surface area contributed by atoms with E-state index in [4.69, 9.17) is 9.47 Å². The summed E-state index contributed by atoms with van der Waals surface area (Å²) in [4.78, 5) is 37.9. The Bertz CT molecular complexity index is 1110. The number of carbonyl (C=O) groups is 3. The number of Topliss-reactive ketones (excluding diaryl/α,β-unsaturated/α-hetero) is 1. The van der Waals surface area contributed by atoms with Gasteiger partial charge in [-0.3, -0.25) is 19.1 Å². The topological polar surface area (TPSA) is 112 Å². The summed E-state index contributed by atoms with van der Waals surface area (Å²) >= 11 is 0. The van der Waals surface area contributed by atoms with Crippen LogP contribution in [-0.4, -0.2) is 54.2 Å². The monoisotopic (exact) mass is 554 g/mol. The number of ketones is 1.